The zero-order chi connectivity index (χ0) is 17.9. The standard InChI is InChI=1S/C17H21F2N3O2/c1-17(2,3)24-16(23)22-10-8-21(9-11-22)13-5-4-12(6-7-20)14(18)15(13)19/h4-5H,6,8-11H2,1-3H3. The molecule has 1 heterocycles. The Hall–Kier alpha value is -2.36. The van der Waals surface area contributed by atoms with Gasteiger partial charge in [0.25, 0.3) is 0 Å². The van der Waals surface area contributed by atoms with E-state index in [-0.39, 0.29) is 17.7 Å². The Bertz CT molecular complexity index is 657. The number of piperazine rings is 1. The van der Waals surface area contributed by atoms with Crippen LogP contribution in [0.3, 0.4) is 0 Å². The maximum Gasteiger partial charge on any atom is 0.410 e. The number of anilines is 1. The molecule has 130 valence electrons. The van der Waals surface area contributed by atoms with E-state index in [4.69, 9.17) is 10.00 Å². The number of amides is 1. The molecule has 0 aromatic heterocycles. The lowest BCUT2D eigenvalue weighted by Gasteiger charge is -2.36. The summed E-state index contributed by atoms with van der Waals surface area (Å²) in [5, 5.41) is 8.62. The summed E-state index contributed by atoms with van der Waals surface area (Å²) in [6.45, 7) is 6.89. The molecule has 0 saturated carbocycles. The summed E-state index contributed by atoms with van der Waals surface area (Å²) in [6.07, 6.45) is -0.576. The molecule has 1 aliphatic rings. The predicted molar refractivity (Wildman–Crippen MR) is 85.7 cm³/mol. The summed E-state index contributed by atoms with van der Waals surface area (Å²) in [7, 11) is 0. The van der Waals surface area contributed by atoms with Crippen molar-refractivity contribution in [3.8, 4) is 6.07 Å². The summed E-state index contributed by atoms with van der Waals surface area (Å²) in [6, 6.07) is 4.72. The topological polar surface area (TPSA) is 56.6 Å². The van der Waals surface area contributed by atoms with Gasteiger partial charge in [-0.15, -0.1) is 0 Å². The lowest BCUT2D eigenvalue weighted by Crippen LogP contribution is -2.50. The molecule has 0 radical (unpaired) electrons. The van der Waals surface area contributed by atoms with Gasteiger partial charge in [0.05, 0.1) is 18.2 Å². The minimum atomic E-state index is -0.983. The van der Waals surface area contributed by atoms with Gasteiger partial charge in [-0.1, -0.05) is 6.07 Å². The van der Waals surface area contributed by atoms with E-state index in [2.05, 4.69) is 0 Å². The van der Waals surface area contributed by atoms with Gasteiger partial charge in [-0.2, -0.15) is 5.26 Å². The minimum absolute atomic E-state index is 0.0474. The molecular formula is C17H21F2N3O2. The predicted octanol–water partition coefficient (Wildman–Crippen LogP) is 3.09. The van der Waals surface area contributed by atoms with Crippen molar-refractivity contribution in [3.63, 3.8) is 0 Å². The average molecular weight is 337 g/mol. The third-order valence-corrected chi connectivity index (χ3v) is 3.68. The zero-order valence-corrected chi connectivity index (χ0v) is 14.1. The number of carbonyl (C=O) groups excluding carboxylic acids is 1. The van der Waals surface area contributed by atoms with Crippen LogP contribution >= 0.6 is 0 Å². The summed E-state index contributed by atoms with van der Waals surface area (Å²) < 4.78 is 33.5. The first-order valence-corrected chi connectivity index (χ1v) is 7.79. The number of benzene rings is 1. The van der Waals surface area contributed by atoms with Gasteiger partial charge in [0.1, 0.15) is 5.60 Å². The molecule has 1 amide bonds. The summed E-state index contributed by atoms with van der Waals surface area (Å²) in [5.74, 6) is -1.93. The van der Waals surface area contributed by atoms with Crippen molar-refractivity contribution in [3.05, 3.63) is 29.3 Å². The van der Waals surface area contributed by atoms with E-state index in [1.54, 1.807) is 30.6 Å². The highest BCUT2D eigenvalue weighted by molar-refractivity contribution is 5.68. The Morgan fingerprint density at radius 1 is 1.21 bits per heavy atom. The highest BCUT2D eigenvalue weighted by atomic mass is 19.2. The quantitative estimate of drug-likeness (QED) is 0.832. The number of rotatable bonds is 2. The average Bonchev–Trinajstić information content (AvgIpc) is 2.51. The fraction of sp³-hybridized carbons (Fsp3) is 0.529. The molecule has 7 heteroatoms. The molecular weight excluding hydrogens is 316 g/mol. The van der Waals surface area contributed by atoms with Crippen LogP contribution in [0.1, 0.15) is 26.3 Å². The van der Waals surface area contributed by atoms with E-state index in [0.29, 0.717) is 26.2 Å². The summed E-state index contributed by atoms with van der Waals surface area (Å²) in [4.78, 5) is 15.3. The molecule has 5 nitrogen and oxygen atoms in total. The second-order valence-electron chi connectivity index (χ2n) is 6.66. The Labute approximate surface area is 140 Å². The molecule has 1 aromatic rings. The van der Waals surface area contributed by atoms with Crippen molar-refractivity contribution >= 4 is 11.8 Å². The molecule has 2 rings (SSSR count). The van der Waals surface area contributed by atoms with E-state index in [0.717, 1.165) is 0 Å². The first kappa shape index (κ1) is 18.0. The van der Waals surface area contributed by atoms with Crippen LogP contribution in [0.25, 0.3) is 0 Å². The van der Waals surface area contributed by atoms with E-state index in [1.165, 1.54) is 12.1 Å². The van der Waals surface area contributed by atoms with Gasteiger partial charge in [-0.25, -0.2) is 13.6 Å². The number of carbonyl (C=O) groups is 1. The maximum atomic E-state index is 14.2. The van der Waals surface area contributed by atoms with E-state index in [9.17, 15) is 13.6 Å². The van der Waals surface area contributed by atoms with Crippen molar-refractivity contribution < 1.29 is 18.3 Å². The number of ether oxygens (including phenoxy) is 1. The maximum absolute atomic E-state index is 14.2. The monoisotopic (exact) mass is 337 g/mol. The van der Waals surface area contributed by atoms with Crippen LogP contribution in [0.5, 0.6) is 0 Å². The van der Waals surface area contributed by atoms with Gasteiger partial charge in [-0.05, 0) is 26.8 Å². The van der Waals surface area contributed by atoms with E-state index >= 15 is 0 Å². The van der Waals surface area contributed by atoms with Crippen LogP contribution in [-0.4, -0.2) is 42.8 Å². The van der Waals surface area contributed by atoms with Crippen LogP contribution in [0.2, 0.25) is 0 Å². The van der Waals surface area contributed by atoms with Crippen molar-refractivity contribution in [1.29, 1.82) is 5.26 Å². The number of halogens is 2. The van der Waals surface area contributed by atoms with Gasteiger partial charge in [0, 0.05) is 31.7 Å². The summed E-state index contributed by atoms with van der Waals surface area (Å²) in [5.41, 5.74) is -0.371. The molecule has 0 aliphatic carbocycles. The SMILES string of the molecule is CC(C)(C)OC(=O)N1CCN(c2ccc(CC#N)c(F)c2F)CC1. The molecule has 24 heavy (non-hydrogen) atoms. The first-order valence-electron chi connectivity index (χ1n) is 7.79. The minimum Gasteiger partial charge on any atom is -0.444 e. The number of hydrogen-bond donors (Lipinski definition) is 0. The van der Waals surface area contributed by atoms with Gasteiger partial charge in [0.2, 0.25) is 0 Å². The number of hydrogen-bond acceptors (Lipinski definition) is 4. The molecule has 0 spiro atoms. The van der Waals surface area contributed by atoms with Crippen LogP contribution in [0, 0.1) is 23.0 Å². The van der Waals surface area contributed by atoms with Gasteiger partial charge in [-0.3, -0.25) is 0 Å². The molecule has 1 aromatic carbocycles. The van der Waals surface area contributed by atoms with Crippen LogP contribution in [-0.2, 0) is 11.2 Å². The van der Waals surface area contributed by atoms with E-state index < -0.39 is 23.3 Å². The highest BCUT2D eigenvalue weighted by Gasteiger charge is 2.27. The molecule has 0 bridgehead atoms. The lowest BCUT2D eigenvalue weighted by molar-refractivity contribution is 0.0240. The fourth-order valence-electron chi connectivity index (χ4n) is 2.50. The number of nitriles is 1. The van der Waals surface area contributed by atoms with Gasteiger partial charge >= 0.3 is 6.09 Å². The van der Waals surface area contributed by atoms with Crippen LogP contribution in [0.4, 0.5) is 19.3 Å². The normalized spacial score (nSPS) is 15.2. The Morgan fingerprint density at radius 2 is 1.83 bits per heavy atom. The first-order chi connectivity index (χ1) is 11.2. The van der Waals surface area contributed by atoms with E-state index in [1.807, 2.05) is 6.07 Å². The van der Waals surface area contributed by atoms with Gasteiger partial charge < -0.3 is 14.5 Å². The van der Waals surface area contributed by atoms with Crippen molar-refractivity contribution in [2.45, 2.75) is 32.8 Å². The lowest BCUT2D eigenvalue weighted by atomic mass is 10.1. The summed E-state index contributed by atoms with van der Waals surface area (Å²) >= 11 is 0. The Kier molecular flexibility index (Phi) is 5.27. The zero-order valence-electron chi connectivity index (χ0n) is 14.1. The molecule has 0 atom stereocenters. The number of nitrogens with zero attached hydrogens (tertiary/aromatic N) is 3. The van der Waals surface area contributed by atoms with Crippen molar-refractivity contribution in [2.75, 3.05) is 31.1 Å². The largest absolute Gasteiger partial charge is 0.444 e. The third-order valence-electron chi connectivity index (χ3n) is 3.68. The van der Waals surface area contributed by atoms with Crippen molar-refractivity contribution in [1.82, 2.24) is 4.90 Å². The molecule has 1 saturated heterocycles. The molecule has 0 unspecified atom stereocenters. The highest BCUT2D eigenvalue weighted by Crippen LogP contribution is 2.26. The second kappa shape index (κ2) is 7.04. The Balaban J connectivity index is 2.04. The van der Waals surface area contributed by atoms with Crippen LogP contribution < -0.4 is 4.90 Å². The van der Waals surface area contributed by atoms with Gasteiger partial charge in [0.15, 0.2) is 11.6 Å². The molecule has 1 fully saturated rings. The third kappa shape index (κ3) is 4.13. The smallest absolute Gasteiger partial charge is 0.410 e. The molecule has 1 aliphatic heterocycles. The second-order valence-corrected chi connectivity index (χ2v) is 6.66. The van der Waals surface area contributed by atoms with Crippen LogP contribution in [0.15, 0.2) is 12.1 Å². The Morgan fingerprint density at radius 3 is 2.38 bits per heavy atom. The fourth-order valence-corrected chi connectivity index (χ4v) is 2.50. The van der Waals surface area contributed by atoms with Crippen molar-refractivity contribution in [2.24, 2.45) is 0 Å². The molecule has 0 N–H and O–H groups in total.